The second kappa shape index (κ2) is 6.95. The molecule has 0 radical (unpaired) electrons. The monoisotopic (exact) mass is 320 g/mol. The maximum Gasteiger partial charge on any atom is 0.259 e. The van der Waals surface area contributed by atoms with E-state index >= 15 is 0 Å². The van der Waals surface area contributed by atoms with Crippen LogP contribution < -0.4 is 5.14 Å². The lowest BCUT2D eigenvalue weighted by Crippen LogP contribution is -2.30. The zero-order chi connectivity index (χ0) is 16.2. The highest BCUT2D eigenvalue weighted by molar-refractivity contribution is 7.89. The van der Waals surface area contributed by atoms with Gasteiger partial charge in [0, 0.05) is 13.6 Å². The molecular weight excluding hydrogens is 302 g/mol. The molecule has 0 aliphatic carbocycles. The zero-order valence-corrected chi connectivity index (χ0v) is 12.7. The summed E-state index contributed by atoms with van der Waals surface area (Å²) in [7, 11) is -2.96. The van der Waals surface area contributed by atoms with Gasteiger partial charge in [-0.15, -0.1) is 0 Å². The topological polar surface area (TPSA) is 80.5 Å². The normalized spacial score (nSPS) is 11.5. The average molecular weight is 320 g/mol. The van der Waals surface area contributed by atoms with Crippen molar-refractivity contribution in [2.45, 2.75) is 31.1 Å². The van der Waals surface area contributed by atoms with Crippen molar-refractivity contribution in [3.05, 3.63) is 29.3 Å². The van der Waals surface area contributed by atoms with E-state index in [-0.39, 0.29) is 0 Å². The van der Waals surface area contributed by atoms with E-state index < -0.39 is 38.0 Å². The van der Waals surface area contributed by atoms with Crippen LogP contribution in [0, 0.1) is 11.6 Å². The molecule has 0 bridgehead atoms. The summed E-state index contributed by atoms with van der Waals surface area (Å²) in [6.45, 7) is 2.31. The summed E-state index contributed by atoms with van der Waals surface area (Å²) >= 11 is 0. The first kappa shape index (κ1) is 17.5. The first-order valence-corrected chi connectivity index (χ1v) is 8.01. The van der Waals surface area contributed by atoms with Gasteiger partial charge in [0.05, 0.1) is 0 Å². The van der Waals surface area contributed by atoms with Crippen molar-refractivity contribution < 1.29 is 22.0 Å². The van der Waals surface area contributed by atoms with Gasteiger partial charge in [0.25, 0.3) is 5.91 Å². The molecular formula is C13H18F2N2O3S. The van der Waals surface area contributed by atoms with Crippen LogP contribution >= 0.6 is 0 Å². The van der Waals surface area contributed by atoms with Crippen LogP contribution in [0.1, 0.15) is 36.5 Å². The SMILES string of the molecule is CCCCCN(C)C(=O)c1c(F)ccc(S(N)(=O)=O)c1F. The van der Waals surface area contributed by atoms with E-state index in [1.807, 2.05) is 6.92 Å². The first-order chi connectivity index (χ1) is 9.70. The molecule has 0 aliphatic rings. The minimum Gasteiger partial charge on any atom is -0.342 e. The molecule has 0 spiro atoms. The summed E-state index contributed by atoms with van der Waals surface area (Å²) in [5, 5.41) is 4.84. The molecule has 0 atom stereocenters. The molecule has 118 valence electrons. The molecule has 21 heavy (non-hydrogen) atoms. The minimum atomic E-state index is -4.37. The van der Waals surface area contributed by atoms with Gasteiger partial charge in [0.2, 0.25) is 10.0 Å². The number of carbonyl (C=O) groups excluding carboxylic acids is 1. The molecule has 0 fully saturated rings. The molecule has 0 unspecified atom stereocenters. The lowest BCUT2D eigenvalue weighted by atomic mass is 10.1. The number of halogens is 2. The van der Waals surface area contributed by atoms with Crippen LogP contribution in [0.3, 0.4) is 0 Å². The summed E-state index contributed by atoms with van der Waals surface area (Å²) in [6, 6.07) is 1.42. The Morgan fingerprint density at radius 3 is 2.43 bits per heavy atom. The predicted molar refractivity (Wildman–Crippen MR) is 74.2 cm³/mol. The number of benzene rings is 1. The molecule has 0 saturated carbocycles. The fourth-order valence-electron chi connectivity index (χ4n) is 1.84. The second-order valence-electron chi connectivity index (χ2n) is 4.71. The number of sulfonamides is 1. The van der Waals surface area contributed by atoms with Crippen molar-refractivity contribution in [1.29, 1.82) is 0 Å². The lowest BCUT2D eigenvalue weighted by Gasteiger charge is -2.18. The van der Waals surface area contributed by atoms with Gasteiger partial charge < -0.3 is 4.90 Å². The summed E-state index contributed by atoms with van der Waals surface area (Å²) < 4.78 is 50.2. The van der Waals surface area contributed by atoms with Gasteiger partial charge in [-0.25, -0.2) is 22.3 Å². The van der Waals surface area contributed by atoms with Crippen molar-refractivity contribution in [2.75, 3.05) is 13.6 Å². The van der Waals surface area contributed by atoms with Crippen LogP contribution in [0.2, 0.25) is 0 Å². The van der Waals surface area contributed by atoms with E-state index in [9.17, 15) is 22.0 Å². The van der Waals surface area contributed by atoms with E-state index in [4.69, 9.17) is 5.14 Å². The number of primary sulfonamides is 1. The summed E-state index contributed by atoms with van der Waals surface area (Å²) in [5.41, 5.74) is -0.902. The Bertz CT molecular complexity index is 633. The molecule has 0 aliphatic heterocycles. The number of hydrogen-bond acceptors (Lipinski definition) is 3. The lowest BCUT2D eigenvalue weighted by molar-refractivity contribution is 0.0782. The number of hydrogen-bond donors (Lipinski definition) is 1. The van der Waals surface area contributed by atoms with E-state index in [1.54, 1.807) is 0 Å². The Morgan fingerprint density at radius 1 is 1.29 bits per heavy atom. The molecule has 1 aromatic rings. The Balaban J connectivity index is 3.15. The predicted octanol–water partition coefficient (Wildman–Crippen LogP) is 1.87. The Morgan fingerprint density at radius 2 is 1.90 bits per heavy atom. The highest BCUT2D eigenvalue weighted by atomic mass is 32.2. The number of nitrogens with zero attached hydrogens (tertiary/aromatic N) is 1. The van der Waals surface area contributed by atoms with Crippen LogP contribution in [-0.2, 0) is 10.0 Å². The molecule has 1 aromatic carbocycles. The van der Waals surface area contributed by atoms with Gasteiger partial charge in [-0.05, 0) is 18.6 Å². The number of carbonyl (C=O) groups is 1. The smallest absolute Gasteiger partial charge is 0.259 e. The third kappa shape index (κ3) is 4.21. The highest BCUT2D eigenvalue weighted by Gasteiger charge is 2.26. The molecule has 5 nitrogen and oxygen atoms in total. The molecule has 2 N–H and O–H groups in total. The largest absolute Gasteiger partial charge is 0.342 e. The average Bonchev–Trinajstić information content (AvgIpc) is 2.37. The van der Waals surface area contributed by atoms with Crippen LogP contribution in [0.5, 0.6) is 0 Å². The van der Waals surface area contributed by atoms with Gasteiger partial charge in [0.1, 0.15) is 16.3 Å². The number of nitrogens with two attached hydrogens (primary N) is 1. The van der Waals surface area contributed by atoms with E-state index in [1.165, 1.54) is 7.05 Å². The molecule has 0 heterocycles. The van der Waals surface area contributed by atoms with Crippen molar-refractivity contribution >= 4 is 15.9 Å². The minimum absolute atomic E-state index is 0.325. The standard InChI is InChI=1S/C13H18F2N2O3S/c1-3-4-5-8-17(2)13(18)11-9(14)6-7-10(12(11)15)21(16,19)20/h6-7H,3-5,8H2,1-2H3,(H2,16,19,20). The van der Waals surface area contributed by atoms with Gasteiger partial charge in [-0.3, -0.25) is 4.79 Å². The fourth-order valence-corrected chi connectivity index (χ4v) is 2.45. The Hall–Kier alpha value is -1.54. The van der Waals surface area contributed by atoms with Crippen molar-refractivity contribution in [2.24, 2.45) is 5.14 Å². The Kier molecular flexibility index (Phi) is 5.79. The van der Waals surface area contributed by atoms with Crippen LogP contribution in [0.4, 0.5) is 8.78 Å². The van der Waals surface area contributed by atoms with Gasteiger partial charge in [-0.1, -0.05) is 19.8 Å². The van der Waals surface area contributed by atoms with Gasteiger partial charge in [-0.2, -0.15) is 0 Å². The van der Waals surface area contributed by atoms with E-state index in [0.29, 0.717) is 19.0 Å². The quantitative estimate of drug-likeness (QED) is 0.813. The van der Waals surface area contributed by atoms with Gasteiger partial charge >= 0.3 is 0 Å². The molecule has 1 rings (SSSR count). The molecule has 1 amide bonds. The number of unbranched alkanes of at least 4 members (excludes halogenated alkanes) is 2. The molecule has 0 aromatic heterocycles. The third-order valence-electron chi connectivity index (χ3n) is 3.02. The number of rotatable bonds is 6. The molecule has 8 heteroatoms. The summed E-state index contributed by atoms with van der Waals surface area (Å²) in [6.07, 6.45) is 2.50. The fraction of sp³-hybridized carbons (Fsp3) is 0.462. The summed E-state index contributed by atoms with van der Waals surface area (Å²) in [5.74, 6) is -3.48. The third-order valence-corrected chi connectivity index (χ3v) is 3.95. The van der Waals surface area contributed by atoms with Crippen molar-refractivity contribution in [1.82, 2.24) is 4.90 Å². The van der Waals surface area contributed by atoms with Crippen LogP contribution in [0.25, 0.3) is 0 Å². The summed E-state index contributed by atoms with van der Waals surface area (Å²) in [4.78, 5) is 12.3. The van der Waals surface area contributed by atoms with Gasteiger partial charge in [0.15, 0.2) is 5.82 Å². The van der Waals surface area contributed by atoms with Crippen LogP contribution in [0.15, 0.2) is 17.0 Å². The van der Waals surface area contributed by atoms with E-state index in [2.05, 4.69) is 0 Å². The zero-order valence-electron chi connectivity index (χ0n) is 11.9. The van der Waals surface area contributed by atoms with E-state index in [0.717, 1.165) is 23.8 Å². The van der Waals surface area contributed by atoms with Crippen molar-refractivity contribution in [3.8, 4) is 0 Å². The maximum atomic E-state index is 14.1. The molecule has 0 saturated heterocycles. The van der Waals surface area contributed by atoms with Crippen molar-refractivity contribution in [3.63, 3.8) is 0 Å². The maximum absolute atomic E-state index is 14.1. The second-order valence-corrected chi connectivity index (χ2v) is 6.24. The van der Waals surface area contributed by atoms with Crippen LogP contribution in [-0.4, -0.2) is 32.8 Å². The number of amides is 1. The highest BCUT2D eigenvalue weighted by Crippen LogP contribution is 2.21. The Labute approximate surface area is 122 Å². The first-order valence-electron chi connectivity index (χ1n) is 6.46.